The van der Waals surface area contributed by atoms with E-state index in [2.05, 4.69) is 27.5 Å². The minimum Gasteiger partial charge on any atom is -0.348 e. The first-order valence-corrected chi connectivity index (χ1v) is 7.47. The van der Waals surface area contributed by atoms with Crippen molar-refractivity contribution < 1.29 is 4.79 Å². The number of carbonyl (C=O) groups is 1. The maximum atomic E-state index is 12.3. The second kappa shape index (κ2) is 6.18. The molecule has 2 unspecified atom stereocenters. The molecule has 2 heterocycles. The molecule has 1 saturated heterocycles. The summed E-state index contributed by atoms with van der Waals surface area (Å²) in [4.78, 5) is 21.0. The monoisotopic (exact) mass is 284 g/mol. The number of nitrogens with zero attached hydrogens (tertiary/aromatic N) is 2. The molecule has 1 aromatic carbocycles. The van der Waals surface area contributed by atoms with Crippen molar-refractivity contribution in [3.8, 4) is 0 Å². The van der Waals surface area contributed by atoms with E-state index in [4.69, 9.17) is 0 Å². The molecule has 1 fully saturated rings. The van der Waals surface area contributed by atoms with Crippen molar-refractivity contribution in [1.82, 2.24) is 20.6 Å². The summed E-state index contributed by atoms with van der Waals surface area (Å²) in [6.45, 7) is 4.10. The highest BCUT2D eigenvalue weighted by atomic mass is 16.1. The summed E-state index contributed by atoms with van der Waals surface area (Å²) >= 11 is 0. The van der Waals surface area contributed by atoms with Crippen molar-refractivity contribution in [1.29, 1.82) is 0 Å². The van der Waals surface area contributed by atoms with E-state index in [0.717, 1.165) is 30.5 Å². The molecule has 5 heteroatoms. The van der Waals surface area contributed by atoms with Crippen LogP contribution in [-0.4, -0.2) is 35.0 Å². The lowest BCUT2D eigenvalue weighted by atomic mass is 9.93. The van der Waals surface area contributed by atoms with Crippen LogP contribution in [0.25, 0.3) is 11.0 Å². The van der Waals surface area contributed by atoms with Gasteiger partial charge in [0, 0.05) is 6.04 Å². The van der Waals surface area contributed by atoms with E-state index < -0.39 is 0 Å². The lowest BCUT2D eigenvalue weighted by Gasteiger charge is -2.28. The second-order valence-corrected chi connectivity index (χ2v) is 5.61. The summed E-state index contributed by atoms with van der Waals surface area (Å²) in [5.41, 5.74) is 1.93. The van der Waals surface area contributed by atoms with Gasteiger partial charge in [-0.2, -0.15) is 0 Å². The van der Waals surface area contributed by atoms with E-state index in [1.807, 2.05) is 24.3 Å². The van der Waals surface area contributed by atoms with Crippen LogP contribution in [0.2, 0.25) is 0 Å². The zero-order chi connectivity index (χ0) is 14.7. The minimum atomic E-state index is -0.147. The molecule has 21 heavy (non-hydrogen) atoms. The van der Waals surface area contributed by atoms with E-state index in [0.29, 0.717) is 11.6 Å². The molecule has 5 nitrogen and oxygen atoms in total. The van der Waals surface area contributed by atoms with Gasteiger partial charge in [0.05, 0.1) is 17.2 Å². The van der Waals surface area contributed by atoms with Crippen LogP contribution in [0, 0.1) is 5.92 Å². The minimum absolute atomic E-state index is 0.138. The van der Waals surface area contributed by atoms with E-state index in [1.54, 1.807) is 6.20 Å². The lowest BCUT2D eigenvalue weighted by Crippen LogP contribution is -2.44. The van der Waals surface area contributed by atoms with Gasteiger partial charge >= 0.3 is 0 Å². The molecule has 1 amide bonds. The fourth-order valence-corrected chi connectivity index (χ4v) is 2.77. The first-order chi connectivity index (χ1) is 10.2. The highest BCUT2D eigenvalue weighted by molar-refractivity contribution is 5.93. The van der Waals surface area contributed by atoms with Gasteiger partial charge < -0.3 is 10.6 Å². The van der Waals surface area contributed by atoms with Crippen LogP contribution in [0.15, 0.2) is 30.5 Å². The van der Waals surface area contributed by atoms with Crippen molar-refractivity contribution in [2.24, 2.45) is 5.92 Å². The first kappa shape index (κ1) is 13.9. The molecule has 0 spiro atoms. The van der Waals surface area contributed by atoms with Crippen LogP contribution >= 0.6 is 0 Å². The number of carbonyl (C=O) groups excluding carboxylic acids is 1. The molecular weight excluding hydrogens is 264 g/mol. The molecule has 2 aromatic rings. The van der Waals surface area contributed by atoms with E-state index in [9.17, 15) is 4.79 Å². The summed E-state index contributed by atoms with van der Waals surface area (Å²) in [6.07, 6.45) is 3.86. The average molecular weight is 284 g/mol. The van der Waals surface area contributed by atoms with Gasteiger partial charge in [-0.3, -0.25) is 9.78 Å². The Hall–Kier alpha value is -2.01. The predicted octanol–water partition coefficient (Wildman–Crippen LogP) is 1.75. The number of nitrogens with one attached hydrogen (secondary N) is 2. The molecule has 1 aliphatic rings. The fourth-order valence-electron chi connectivity index (χ4n) is 2.77. The second-order valence-electron chi connectivity index (χ2n) is 5.61. The van der Waals surface area contributed by atoms with Crippen molar-refractivity contribution in [3.63, 3.8) is 0 Å². The fraction of sp³-hybridized carbons (Fsp3) is 0.438. The Morgan fingerprint density at radius 3 is 2.95 bits per heavy atom. The largest absolute Gasteiger partial charge is 0.348 e. The van der Waals surface area contributed by atoms with Gasteiger partial charge in [-0.15, -0.1) is 0 Å². The van der Waals surface area contributed by atoms with Gasteiger partial charge in [0.2, 0.25) is 0 Å². The number of fused-ring (bicyclic) bond motifs is 1. The van der Waals surface area contributed by atoms with Gasteiger partial charge in [-0.25, -0.2) is 4.98 Å². The van der Waals surface area contributed by atoms with Crippen molar-refractivity contribution in [2.75, 3.05) is 13.1 Å². The maximum Gasteiger partial charge on any atom is 0.271 e. The standard InChI is InChI=1S/C16H20N4O/c1-11(12-5-4-8-17-9-12)19-16(21)15-10-18-13-6-2-3-7-14(13)20-15/h2-3,6-7,10-12,17H,4-5,8-9H2,1H3,(H,19,21). The zero-order valence-electron chi connectivity index (χ0n) is 12.2. The molecule has 0 saturated carbocycles. The summed E-state index contributed by atoms with van der Waals surface area (Å²) in [5.74, 6) is 0.336. The van der Waals surface area contributed by atoms with E-state index >= 15 is 0 Å². The summed E-state index contributed by atoms with van der Waals surface area (Å²) in [6, 6.07) is 7.70. The lowest BCUT2D eigenvalue weighted by molar-refractivity contribution is 0.0917. The summed E-state index contributed by atoms with van der Waals surface area (Å²) in [7, 11) is 0. The number of rotatable bonds is 3. The number of hydrogen-bond acceptors (Lipinski definition) is 4. The van der Waals surface area contributed by atoms with Crippen LogP contribution in [0.1, 0.15) is 30.3 Å². The van der Waals surface area contributed by atoms with E-state index in [1.165, 1.54) is 6.42 Å². The third-order valence-corrected chi connectivity index (χ3v) is 4.08. The molecule has 0 radical (unpaired) electrons. The SMILES string of the molecule is CC(NC(=O)c1cnc2ccccc2n1)C1CCCNC1. The van der Waals surface area contributed by atoms with E-state index in [-0.39, 0.29) is 11.9 Å². The van der Waals surface area contributed by atoms with Crippen molar-refractivity contribution >= 4 is 16.9 Å². The molecule has 2 atom stereocenters. The smallest absolute Gasteiger partial charge is 0.271 e. The number of piperidine rings is 1. The normalized spacial score (nSPS) is 20.1. The van der Waals surface area contributed by atoms with Crippen LogP contribution in [0.5, 0.6) is 0 Å². The van der Waals surface area contributed by atoms with Crippen molar-refractivity contribution in [3.05, 3.63) is 36.2 Å². The molecular formula is C16H20N4O. The van der Waals surface area contributed by atoms with Crippen LogP contribution in [0.4, 0.5) is 0 Å². The number of hydrogen-bond donors (Lipinski definition) is 2. The molecule has 2 N–H and O–H groups in total. The Kier molecular flexibility index (Phi) is 4.10. The molecule has 0 bridgehead atoms. The Balaban J connectivity index is 1.71. The van der Waals surface area contributed by atoms with Gasteiger partial charge in [0.25, 0.3) is 5.91 Å². The molecule has 110 valence electrons. The maximum absolute atomic E-state index is 12.3. The van der Waals surface area contributed by atoms with Crippen molar-refractivity contribution in [2.45, 2.75) is 25.8 Å². The average Bonchev–Trinajstić information content (AvgIpc) is 2.55. The van der Waals surface area contributed by atoms with Gasteiger partial charge in [-0.1, -0.05) is 12.1 Å². The number of aromatic nitrogens is 2. The quantitative estimate of drug-likeness (QED) is 0.901. The summed E-state index contributed by atoms with van der Waals surface area (Å²) < 4.78 is 0. The third kappa shape index (κ3) is 3.19. The Labute approximate surface area is 124 Å². The molecule has 0 aliphatic carbocycles. The van der Waals surface area contributed by atoms with Crippen LogP contribution in [0.3, 0.4) is 0 Å². The first-order valence-electron chi connectivity index (χ1n) is 7.47. The topological polar surface area (TPSA) is 66.9 Å². The molecule has 3 rings (SSSR count). The Morgan fingerprint density at radius 1 is 1.38 bits per heavy atom. The third-order valence-electron chi connectivity index (χ3n) is 4.08. The molecule has 1 aliphatic heterocycles. The predicted molar refractivity (Wildman–Crippen MR) is 82.1 cm³/mol. The Morgan fingerprint density at radius 2 is 2.19 bits per heavy atom. The van der Waals surface area contributed by atoms with Gasteiger partial charge in [0.15, 0.2) is 0 Å². The number of amides is 1. The zero-order valence-corrected chi connectivity index (χ0v) is 12.2. The Bertz CT molecular complexity index is 637. The number of benzene rings is 1. The highest BCUT2D eigenvalue weighted by Crippen LogP contribution is 2.15. The summed E-state index contributed by atoms with van der Waals surface area (Å²) in [5, 5.41) is 6.42. The van der Waals surface area contributed by atoms with Crippen LogP contribution < -0.4 is 10.6 Å². The van der Waals surface area contributed by atoms with Gasteiger partial charge in [-0.05, 0) is 50.9 Å². The van der Waals surface area contributed by atoms with Gasteiger partial charge in [0.1, 0.15) is 5.69 Å². The molecule has 1 aromatic heterocycles. The van der Waals surface area contributed by atoms with Crippen LogP contribution in [-0.2, 0) is 0 Å². The highest BCUT2D eigenvalue weighted by Gasteiger charge is 2.22. The number of para-hydroxylation sites is 2.